The maximum Gasteiger partial charge on any atom is 0.412 e. The summed E-state index contributed by atoms with van der Waals surface area (Å²) in [7, 11) is 1.69. The minimum atomic E-state index is -0.955. The van der Waals surface area contributed by atoms with Crippen molar-refractivity contribution >= 4 is 50.7 Å². The lowest BCUT2D eigenvalue weighted by atomic mass is 9.50. The van der Waals surface area contributed by atoms with Gasteiger partial charge < -0.3 is 14.6 Å². The predicted molar refractivity (Wildman–Crippen MR) is 176 cm³/mol. The average molecular weight is 637 g/mol. The van der Waals surface area contributed by atoms with E-state index in [4.69, 9.17) is 16.3 Å². The minimum Gasteiger partial charge on any atom is -0.434 e. The van der Waals surface area contributed by atoms with Crippen molar-refractivity contribution in [1.82, 2.24) is 24.5 Å². The van der Waals surface area contributed by atoms with Gasteiger partial charge in [0.15, 0.2) is 6.10 Å². The fourth-order valence-electron chi connectivity index (χ4n) is 6.47. The molecule has 2 aromatic carbocycles. The Balaban J connectivity index is 1.24. The molecule has 8 rings (SSSR count). The second kappa shape index (κ2) is 10.8. The number of amides is 1. The molecule has 2 bridgehead atoms. The molecule has 3 fully saturated rings. The van der Waals surface area contributed by atoms with Crippen molar-refractivity contribution in [3.63, 3.8) is 0 Å². The van der Waals surface area contributed by atoms with Gasteiger partial charge in [0.05, 0.1) is 33.5 Å². The first-order valence-electron chi connectivity index (χ1n) is 15.2. The van der Waals surface area contributed by atoms with Gasteiger partial charge in [-0.1, -0.05) is 49.7 Å². The van der Waals surface area contributed by atoms with Crippen LogP contribution >= 0.6 is 11.6 Å². The molecule has 0 aliphatic heterocycles. The highest BCUT2D eigenvalue weighted by Gasteiger charge is 2.59. The number of carbonyl (C=O) groups is 1. The third-order valence-corrected chi connectivity index (χ3v) is 9.31. The van der Waals surface area contributed by atoms with Crippen LogP contribution in [0.4, 0.5) is 16.2 Å². The molecule has 0 radical (unpaired) electrons. The topological polar surface area (TPSA) is 140 Å². The lowest BCUT2D eigenvalue weighted by Crippen LogP contribution is -2.59. The number of fused-ring (bicyclic) bond motifs is 2. The van der Waals surface area contributed by atoms with E-state index in [9.17, 15) is 14.9 Å². The zero-order valence-corrected chi connectivity index (χ0v) is 26.7. The summed E-state index contributed by atoms with van der Waals surface area (Å²) in [6.07, 6.45) is 6.54. The molecule has 3 heterocycles. The van der Waals surface area contributed by atoms with Gasteiger partial charge in [0, 0.05) is 48.0 Å². The highest BCUT2D eigenvalue weighted by molar-refractivity contribution is 6.36. The molecule has 1 atom stereocenters. The largest absolute Gasteiger partial charge is 0.434 e. The number of nitrogens with one attached hydrogen (secondary N) is 2. The van der Waals surface area contributed by atoms with Crippen LogP contribution in [0, 0.1) is 22.7 Å². The first-order valence-corrected chi connectivity index (χ1v) is 15.6. The molecule has 0 spiro atoms. The molecule has 3 aliphatic rings. The molecule has 0 saturated heterocycles. The molecule has 12 heteroatoms. The van der Waals surface area contributed by atoms with Gasteiger partial charge >= 0.3 is 6.09 Å². The highest BCUT2D eigenvalue weighted by Crippen LogP contribution is 2.62. The van der Waals surface area contributed by atoms with E-state index in [1.807, 2.05) is 23.0 Å². The number of aryl methyl sites for hydroxylation is 1. The Hall–Kier alpha value is -4.95. The Kier molecular flexibility index (Phi) is 7.01. The Morgan fingerprint density at radius 3 is 2.67 bits per heavy atom. The van der Waals surface area contributed by atoms with E-state index in [1.54, 1.807) is 37.5 Å². The van der Waals surface area contributed by atoms with Gasteiger partial charge in [0.1, 0.15) is 11.8 Å². The zero-order valence-electron chi connectivity index (χ0n) is 26.0. The van der Waals surface area contributed by atoms with Crippen LogP contribution in [0.1, 0.15) is 63.0 Å². The van der Waals surface area contributed by atoms with Crippen molar-refractivity contribution in [1.29, 1.82) is 5.26 Å². The van der Waals surface area contributed by atoms with Crippen LogP contribution in [-0.4, -0.2) is 37.2 Å². The van der Waals surface area contributed by atoms with Gasteiger partial charge in [0.2, 0.25) is 0 Å². The van der Waals surface area contributed by atoms with Crippen LogP contribution in [0.25, 0.3) is 21.7 Å². The van der Waals surface area contributed by atoms with E-state index < -0.39 is 12.2 Å². The number of rotatable bonds is 7. The molecule has 0 unspecified atom stereocenters. The molecule has 2 N–H and O–H groups in total. The summed E-state index contributed by atoms with van der Waals surface area (Å²) in [6, 6.07) is 12.7. The van der Waals surface area contributed by atoms with Crippen LogP contribution in [0.3, 0.4) is 0 Å². The molecular formula is C34H33ClN8O3. The van der Waals surface area contributed by atoms with Crippen molar-refractivity contribution in [3.05, 3.63) is 87.2 Å². The summed E-state index contributed by atoms with van der Waals surface area (Å²) >= 11 is 6.64. The summed E-state index contributed by atoms with van der Waals surface area (Å²) in [6.45, 7) is 6.85. The Bertz CT molecular complexity index is 2120. The number of benzene rings is 2. The molecule has 3 aromatic heterocycles. The molecule has 11 nitrogen and oxygen atoms in total. The van der Waals surface area contributed by atoms with Gasteiger partial charge in [-0.3, -0.25) is 15.1 Å². The summed E-state index contributed by atoms with van der Waals surface area (Å²) in [5.74, 6) is 0.747. The van der Waals surface area contributed by atoms with Gasteiger partial charge in [0.25, 0.3) is 5.56 Å². The van der Waals surface area contributed by atoms with Crippen LogP contribution in [0.2, 0.25) is 5.02 Å². The lowest BCUT2D eigenvalue weighted by molar-refractivity contribution is -0.0989. The minimum absolute atomic E-state index is 0.00564. The number of aromatic nitrogens is 5. The van der Waals surface area contributed by atoms with Gasteiger partial charge in [-0.05, 0) is 60.2 Å². The smallest absolute Gasteiger partial charge is 0.412 e. The molecule has 3 saturated carbocycles. The van der Waals surface area contributed by atoms with E-state index in [0.717, 1.165) is 25.2 Å². The van der Waals surface area contributed by atoms with Crippen LogP contribution in [-0.2, 0) is 17.3 Å². The third kappa shape index (κ3) is 5.12. The van der Waals surface area contributed by atoms with Crippen molar-refractivity contribution in [2.75, 3.05) is 17.2 Å². The standard InChI is InChI=1S/C34H33ClN8O3/c1-33(2,3)18-38-28-20(15-36)16-37-29-25(28)10-21(11-26(29)35)39-32(45)46-30(27-17-43(41-40-27)34-12-19(13-34)14-34)23-6-5-7-24-22(23)8-9-42(4)31(24)44/h5-11,16-17,19,30H,12-14,18H2,1-4H3,(H,37,38)(H,39,45)/t19?,30-,34?/m0/s1. The average Bonchev–Trinajstić information content (AvgIpc) is 3.43. The van der Waals surface area contributed by atoms with E-state index in [0.29, 0.717) is 61.4 Å². The zero-order chi connectivity index (χ0) is 32.4. The second-order valence-corrected chi connectivity index (χ2v) is 14.1. The fourth-order valence-corrected chi connectivity index (χ4v) is 6.74. The first kappa shape index (κ1) is 29.7. The second-order valence-electron chi connectivity index (χ2n) is 13.7. The molecular weight excluding hydrogens is 604 g/mol. The number of pyridine rings is 2. The summed E-state index contributed by atoms with van der Waals surface area (Å²) in [5, 5.41) is 26.9. The Labute approximate surface area is 270 Å². The molecule has 234 valence electrons. The summed E-state index contributed by atoms with van der Waals surface area (Å²) < 4.78 is 9.52. The quantitative estimate of drug-likeness (QED) is 0.206. The normalized spacial score (nSPS) is 19.2. The van der Waals surface area contributed by atoms with Gasteiger partial charge in [-0.25, -0.2) is 9.48 Å². The predicted octanol–water partition coefficient (Wildman–Crippen LogP) is 6.51. The number of hydrogen-bond acceptors (Lipinski definition) is 8. The van der Waals surface area contributed by atoms with Crippen molar-refractivity contribution in [3.8, 4) is 6.07 Å². The highest BCUT2D eigenvalue weighted by atomic mass is 35.5. The van der Waals surface area contributed by atoms with Gasteiger partial charge in [-0.2, -0.15) is 5.26 Å². The van der Waals surface area contributed by atoms with E-state index in [1.165, 1.54) is 10.8 Å². The van der Waals surface area contributed by atoms with E-state index >= 15 is 0 Å². The third-order valence-electron chi connectivity index (χ3n) is 9.02. The van der Waals surface area contributed by atoms with Crippen molar-refractivity contribution in [2.24, 2.45) is 18.4 Å². The SMILES string of the molecule is Cn1ccc2c([C@H](OC(=O)Nc3cc(Cl)c4ncc(C#N)c(NCC(C)(C)C)c4c3)c3cn(C45CC(C4)C5)nn3)cccc2c1=O. The molecule has 46 heavy (non-hydrogen) atoms. The van der Waals surface area contributed by atoms with E-state index in [-0.39, 0.29) is 16.5 Å². The number of anilines is 2. The molecule has 5 aromatic rings. The number of hydrogen-bond donors (Lipinski definition) is 2. The van der Waals surface area contributed by atoms with Crippen molar-refractivity contribution in [2.45, 2.75) is 51.7 Å². The number of ether oxygens (including phenoxy) is 1. The first-order chi connectivity index (χ1) is 21.9. The van der Waals surface area contributed by atoms with E-state index in [2.05, 4.69) is 52.8 Å². The maximum absolute atomic E-state index is 13.6. The summed E-state index contributed by atoms with van der Waals surface area (Å²) in [4.78, 5) is 31.0. The van der Waals surface area contributed by atoms with Crippen LogP contribution in [0.15, 0.2) is 59.8 Å². The fraction of sp³-hybridized carbons (Fsp3) is 0.353. The summed E-state index contributed by atoms with van der Waals surface area (Å²) in [5.41, 5.74) is 2.65. The maximum atomic E-state index is 13.6. The van der Waals surface area contributed by atoms with Gasteiger partial charge in [-0.15, -0.1) is 5.10 Å². The lowest BCUT2D eigenvalue weighted by Gasteiger charge is -2.61. The number of nitriles is 1. The number of nitrogens with zero attached hydrogens (tertiary/aromatic N) is 6. The number of halogens is 1. The molecule has 3 aliphatic carbocycles. The Morgan fingerprint density at radius 1 is 1.20 bits per heavy atom. The van der Waals surface area contributed by atoms with Crippen LogP contribution in [0.5, 0.6) is 0 Å². The Morgan fingerprint density at radius 2 is 1.98 bits per heavy atom. The molecule has 1 amide bonds. The van der Waals surface area contributed by atoms with Crippen LogP contribution < -0.4 is 16.2 Å². The monoisotopic (exact) mass is 636 g/mol. The van der Waals surface area contributed by atoms with Crippen molar-refractivity contribution < 1.29 is 9.53 Å². The number of carbonyl (C=O) groups excluding carboxylic acids is 1.